The highest BCUT2D eigenvalue weighted by Crippen LogP contribution is 2.40. The molecule has 0 aliphatic heterocycles. The standard InChI is InChI=1S/C60H58O17S6/c1-37-9-13-45(29-41(37)5)80(67,68)57-33-49(17-21-53(57)61)78(63,64)51-19-23-55(59(35-51)82(71,72)47-15-11-39(3)43(7)31-47)76-27-25-75-26-28-77-56-24-20-52(36-60(56)83(73,74)48-16-12-40(4)44(8)32-48)79(65,66)50-18-22-54(62)58(34-50)81(69,70)46-14-10-38(2)42(6)30-46/h9-24,29-36,61-62H,25-28H2,1-8H3. The third-order valence-corrected chi connectivity index (χ3v) is 24.8. The van der Waals surface area contributed by atoms with Crippen LogP contribution in [-0.2, 0) is 63.8 Å². The summed E-state index contributed by atoms with van der Waals surface area (Å²) in [5.41, 5.74) is 5.70. The van der Waals surface area contributed by atoms with Crippen molar-refractivity contribution in [3.8, 4) is 23.0 Å². The van der Waals surface area contributed by atoms with Crippen LogP contribution in [-0.4, -0.2) is 87.1 Å². The number of benzene rings is 8. The van der Waals surface area contributed by atoms with Crippen molar-refractivity contribution in [2.45, 2.75) is 114 Å². The van der Waals surface area contributed by atoms with Gasteiger partial charge in [0.15, 0.2) is 0 Å². The van der Waals surface area contributed by atoms with Crippen molar-refractivity contribution in [3.63, 3.8) is 0 Å². The highest BCUT2D eigenvalue weighted by atomic mass is 32.2. The highest BCUT2D eigenvalue weighted by Gasteiger charge is 2.33. The number of ether oxygens (including phenoxy) is 3. The van der Waals surface area contributed by atoms with E-state index in [1.54, 1.807) is 79.7 Å². The second kappa shape index (κ2) is 23.3. The van der Waals surface area contributed by atoms with Crippen LogP contribution in [0.15, 0.2) is 204 Å². The molecule has 0 spiro atoms. The van der Waals surface area contributed by atoms with Gasteiger partial charge < -0.3 is 24.4 Å². The zero-order valence-corrected chi connectivity index (χ0v) is 51.1. The molecule has 0 radical (unpaired) electrons. The molecule has 8 rings (SSSR count). The topological polar surface area (TPSA) is 273 Å². The van der Waals surface area contributed by atoms with Crippen LogP contribution in [0.3, 0.4) is 0 Å². The van der Waals surface area contributed by atoms with E-state index in [2.05, 4.69) is 0 Å². The molecular weight excluding hydrogens is 1190 g/mol. The molecule has 8 aromatic carbocycles. The van der Waals surface area contributed by atoms with Crippen molar-refractivity contribution in [1.82, 2.24) is 0 Å². The van der Waals surface area contributed by atoms with Crippen LogP contribution in [0, 0.1) is 55.4 Å². The van der Waals surface area contributed by atoms with E-state index in [0.717, 1.165) is 95.1 Å². The van der Waals surface area contributed by atoms with E-state index in [4.69, 9.17) is 14.2 Å². The summed E-state index contributed by atoms with van der Waals surface area (Å²) < 4.78 is 188. The summed E-state index contributed by atoms with van der Waals surface area (Å²) in [5, 5.41) is 21.5. The van der Waals surface area contributed by atoms with E-state index in [0.29, 0.717) is 22.3 Å². The molecule has 2 N–H and O–H groups in total. The Morgan fingerprint density at radius 2 is 0.494 bits per heavy atom. The van der Waals surface area contributed by atoms with Crippen LogP contribution in [0.25, 0.3) is 0 Å². The Morgan fingerprint density at radius 3 is 0.771 bits per heavy atom. The van der Waals surface area contributed by atoms with E-state index in [9.17, 15) is 60.7 Å². The molecule has 0 atom stereocenters. The Kier molecular flexibility index (Phi) is 17.4. The van der Waals surface area contributed by atoms with Crippen LogP contribution in [0.5, 0.6) is 23.0 Å². The lowest BCUT2D eigenvalue weighted by Crippen LogP contribution is -2.15. The minimum absolute atomic E-state index is 0.182. The molecule has 8 aromatic rings. The Bertz CT molecular complexity index is 4340. The van der Waals surface area contributed by atoms with Gasteiger partial charge in [-0.1, -0.05) is 24.3 Å². The van der Waals surface area contributed by atoms with Gasteiger partial charge in [0.2, 0.25) is 59.0 Å². The molecule has 0 saturated heterocycles. The van der Waals surface area contributed by atoms with Gasteiger partial charge in [-0.15, -0.1) is 0 Å². The molecule has 0 heterocycles. The van der Waals surface area contributed by atoms with E-state index < -0.39 is 110 Å². The van der Waals surface area contributed by atoms with Gasteiger partial charge in [-0.05, 0) is 221 Å². The summed E-state index contributed by atoms with van der Waals surface area (Å²) in [5.74, 6) is -1.96. The first kappa shape index (κ1) is 61.7. The molecular formula is C60H58O17S6. The normalized spacial score (nSPS) is 12.5. The average molecular weight is 1240 g/mol. The minimum atomic E-state index is -4.69. The molecule has 83 heavy (non-hydrogen) atoms. The minimum Gasteiger partial charge on any atom is -0.507 e. The third kappa shape index (κ3) is 12.3. The average Bonchev–Trinajstić information content (AvgIpc) is 3.57. The van der Waals surface area contributed by atoms with E-state index in [-0.39, 0.29) is 57.5 Å². The lowest BCUT2D eigenvalue weighted by atomic mass is 10.1. The smallest absolute Gasteiger partial charge is 0.210 e. The lowest BCUT2D eigenvalue weighted by molar-refractivity contribution is 0.0750. The Hall–Kier alpha value is -7.38. The fraction of sp³-hybridized carbons (Fsp3) is 0.200. The SMILES string of the molecule is Cc1ccc(S(=O)(=O)c2cc(S(=O)(=O)c3ccc(OCCOCCOc4ccc(S(=O)(=O)c5ccc(O)c(S(=O)(=O)c6ccc(C)c(C)c6)c5)cc4S(=O)(=O)c4ccc(C)c(C)c4)c(S(=O)(=O)c4ccc(C)c(C)c4)c3)ccc2O)cc1C. The summed E-state index contributed by atoms with van der Waals surface area (Å²) in [6.45, 7) is 12.8. The van der Waals surface area contributed by atoms with E-state index in [1.807, 2.05) is 0 Å². The predicted molar refractivity (Wildman–Crippen MR) is 307 cm³/mol. The highest BCUT2D eigenvalue weighted by molar-refractivity contribution is 7.93. The summed E-state index contributed by atoms with van der Waals surface area (Å²) in [7, 11) is -27.4. The van der Waals surface area contributed by atoms with Crippen molar-refractivity contribution in [1.29, 1.82) is 0 Å². The van der Waals surface area contributed by atoms with E-state index in [1.165, 1.54) is 48.5 Å². The molecule has 436 valence electrons. The molecule has 0 aliphatic carbocycles. The van der Waals surface area contributed by atoms with Crippen molar-refractivity contribution in [2.24, 2.45) is 0 Å². The Morgan fingerprint density at radius 1 is 0.265 bits per heavy atom. The molecule has 0 unspecified atom stereocenters. The second-order valence-electron chi connectivity index (χ2n) is 19.8. The van der Waals surface area contributed by atoms with Gasteiger partial charge in [0.25, 0.3) is 0 Å². The lowest BCUT2D eigenvalue weighted by Gasteiger charge is -2.16. The van der Waals surface area contributed by atoms with Crippen molar-refractivity contribution < 1.29 is 74.9 Å². The molecule has 0 bridgehead atoms. The van der Waals surface area contributed by atoms with Gasteiger partial charge >= 0.3 is 0 Å². The maximum absolute atomic E-state index is 14.4. The molecule has 0 saturated carbocycles. The number of aryl methyl sites for hydroxylation is 8. The number of hydrogen-bond acceptors (Lipinski definition) is 17. The van der Waals surface area contributed by atoms with Crippen LogP contribution in [0.4, 0.5) is 0 Å². The molecule has 0 fully saturated rings. The van der Waals surface area contributed by atoms with Crippen LogP contribution in [0.2, 0.25) is 0 Å². The summed E-state index contributed by atoms with van der Waals surface area (Å²) in [6, 6.07) is 29.0. The van der Waals surface area contributed by atoms with Gasteiger partial charge in [-0.3, -0.25) is 0 Å². The Balaban J connectivity index is 1.04. The number of hydrogen-bond donors (Lipinski definition) is 2. The van der Waals surface area contributed by atoms with Gasteiger partial charge in [0.1, 0.15) is 55.8 Å². The zero-order valence-electron chi connectivity index (χ0n) is 46.2. The number of rotatable bonds is 20. The molecule has 0 aliphatic rings. The Labute approximate surface area is 484 Å². The fourth-order valence-corrected chi connectivity index (χ4v) is 17.4. The first-order chi connectivity index (χ1) is 38.8. The maximum atomic E-state index is 14.4. The third-order valence-electron chi connectivity index (χ3n) is 14.2. The number of phenolic OH excluding ortho intramolecular Hbond substituents is 2. The fourth-order valence-electron chi connectivity index (χ4n) is 8.55. The van der Waals surface area contributed by atoms with Crippen LogP contribution < -0.4 is 9.47 Å². The quantitative estimate of drug-likeness (QED) is 0.0671. The monoisotopic (exact) mass is 1240 g/mol. The summed E-state index contributed by atoms with van der Waals surface area (Å²) in [4.78, 5) is -5.41. The van der Waals surface area contributed by atoms with Crippen molar-refractivity contribution in [2.75, 3.05) is 26.4 Å². The first-order valence-corrected chi connectivity index (χ1v) is 34.3. The number of sulfone groups is 6. The molecule has 17 nitrogen and oxygen atoms in total. The first-order valence-electron chi connectivity index (χ1n) is 25.4. The zero-order chi connectivity index (χ0) is 60.8. The van der Waals surface area contributed by atoms with Gasteiger partial charge in [-0.2, -0.15) is 0 Å². The van der Waals surface area contributed by atoms with Gasteiger partial charge in [0, 0.05) is 0 Å². The maximum Gasteiger partial charge on any atom is 0.210 e. The molecule has 23 heteroatoms. The molecule has 0 amide bonds. The van der Waals surface area contributed by atoms with Crippen LogP contribution in [0.1, 0.15) is 44.5 Å². The summed E-state index contributed by atoms with van der Waals surface area (Å²) in [6.07, 6.45) is 0. The molecule has 0 aromatic heterocycles. The number of phenols is 2. The van der Waals surface area contributed by atoms with Crippen LogP contribution >= 0.6 is 0 Å². The number of aromatic hydroxyl groups is 2. The van der Waals surface area contributed by atoms with Crippen molar-refractivity contribution >= 4 is 59.0 Å². The predicted octanol–water partition coefficient (Wildman–Crippen LogP) is 10.0. The van der Waals surface area contributed by atoms with Gasteiger partial charge in [0.05, 0.1) is 52.4 Å². The van der Waals surface area contributed by atoms with E-state index >= 15 is 0 Å². The largest absolute Gasteiger partial charge is 0.507 e. The van der Waals surface area contributed by atoms with Crippen molar-refractivity contribution in [3.05, 3.63) is 190 Å². The van der Waals surface area contributed by atoms with Gasteiger partial charge in [-0.25, -0.2) is 50.5 Å². The second-order valence-corrected chi connectivity index (χ2v) is 31.4. The summed E-state index contributed by atoms with van der Waals surface area (Å²) >= 11 is 0.